The monoisotopic (exact) mass is 282 g/mol. The van der Waals surface area contributed by atoms with Crippen LogP contribution in [0.5, 0.6) is 0 Å². The number of rotatable bonds is 3. The van der Waals surface area contributed by atoms with Crippen LogP contribution in [0.25, 0.3) is 12.2 Å². The lowest BCUT2D eigenvalue weighted by atomic mass is 10.2. The Bertz CT molecular complexity index is 701. The molecule has 3 heterocycles. The Labute approximate surface area is 119 Å². The summed E-state index contributed by atoms with van der Waals surface area (Å²) in [5.41, 5.74) is 2.15. The molecule has 0 aromatic carbocycles. The summed E-state index contributed by atoms with van der Waals surface area (Å²) in [5, 5.41) is 3.98. The molecule has 0 atom stereocenters. The van der Waals surface area contributed by atoms with Crippen LogP contribution in [0, 0.1) is 0 Å². The number of carbonyl (C=O) groups excluding carboxylic acids is 1. The third kappa shape index (κ3) is 2.89. The van der Waals surface area contributed by atoms with Gasteiger partial charge in [-0.15, -0.1) is 0 Å². The van der Waals surface area contributed by atoms with Crippen molar-refractivity contribution >= 4 is 35.4 Å². The molecule has 0 saturated heterocycles. The first kappa shape index (κ1) is 12.5. The van der Waals surface area contributed by atoms with E-state index in [1.165, 1.54) is 0 Å². The number of aromatic nitrogens is 1. The zero-order valence-corrected chi connectivity index (χ0v) is 11.2. The SMILES string of the molecule is O=C1OC(/C=C/c2ccsc2)=NC/1=C\c1cccnc1. The molecule has 20 heavy (non-hydrogen) atoms. The number of ether oxygens (including phenoxy) is 1. The quantitative estimate of drug-likeness (QED) is 0.642. The normalized spacial score (nSPS) is 16.7. The number of thiophene rings is 1. The van der Waals surface area contributed by atoms with Gasteiger partial charge in [-0.1, -0.05) is 6.07 Å². The van der Waals surface area contributed by atoms with Crippen LogP contribution in [0.1, 0.15) is 11.1 Å². The van der Waals surface area contributed by atoms with Crippen molar-refractivity contribution in [3.63, 3.8) is 0 Å². The Kier molecular flexibility index (Phi) is 3.52. The second-order valence-corrected chi connectivity index (χ2v) is 4.83. The minimum atomic E-state index is -0.446. The topological polar surface area (TPSA) is 51.5 Å². The molecule has 0 N–H and O–H groups in total. The summed E-state index contributed by atoms with van der Waals surface area (Å²) in [6, 6.07) is 5.63. The Morgan fingerprint density at radius 1 is 1.20 bits per heavy atom. The molecule has 98 valence electrons. The predicted octanol–water partition coefficient (Wildman–Crippen LogP) is 3.15. The average molecular weight is 282 g/mol. The highest BCUT2D eigenvalue weighted by Crippen LogP contribution is 2.16. The molecule has 5 heteroatoms. The third-order valence-electron chi connectivity index (χ3n) is 2.59. The second-order valence-electron chi connectivity index (χ2n) is 4.05. The van der Waals surface area contributed by atoms with Crippen LogP contribution < -0.4 is 0 Å². The maximum atomic E-state index is 11.7. The zero-order valence-electron chi connectivity index (χ0n) is 10.4. The largest absolute Gasteiger partial charge is 0.403 e. The number of esters is 1. The van der Waals surface area contributed by atoms with E-state index in [0.717, 1.165) is 11.1 Å². The molecule has 0 radical (unpaired) electrons. The predicted molar refractivity (Wildman–Crippen MR) is 79.1 cm³/mol. The van der Waals surface area contributed by atoms with Gasteiger partial charge in [0.1, 0.15) is 0 Å². The van der Waals surface area contributed by atoms with E-state index in [1.807, 2.05) is 29.0 Å². The van der Waals surface area contributed by atoms with Gasteiger partial charge in [-0.05, 0) is 46.2 Å². The van der Waals surface area contributed by atoms with Gasteiger partial charge in [0.25, 0.3) is 0 Å². The third-order valence-corrected chi connectivity index (χ3v) is 3.29. The van der Waals surface area contributed by atoms with Crippen molar-refractivity contribution in [2.24, 2.45) is 4.99 Å². The molecule has 0 amide bonds. The van der Waals surface area contributed by atoms with Crippen LogP contribution >= 0.6 is 11.3 Å². The van der Waals surface area contributed by atoms with E-state index in [1.54, 1.807) is 41.9 Å². The number of nitrogens with zero attached hydrogens (tertiary/aromatic N) is 2. The highest BCUT2D eigenvalue weighted by Gasteiger charge is 2.20. The van der Waals surface area contributed by atoms with Gasteiger partial charge in [0, 0.05) is 18.5 Å². The highest BCUT2D eigenvalue weighted by molar-refractivity contribution is 7.08. The fourth-order valence-corrected chi connectivity index (χ4v) is 2.28. The minimum Gasteiger partial charge on any atom is -0.403 e. The van der Waals surface area contributed by atoms with E-state index < -0.39 is 5.97 Å². The summed E-state index contributed by atoms with van der Waals surface area (Å²) < 4.78 is 5.08. The fourth-order valence-electron chi connectivity index (χ4n) is 1.65. The first-order valence-corrected chi connectivity index (χ1v) is 6.88. The molecule has 1 aliphatic heterocycles. The van der Waals surface area contributed by atoms with E-state index in [4.69, 9.17) is 4.74 Å². The fraction of sp³-hybridized carbons (Fsp3) is 0. The molecule has 0 bridgehead atoms. The number of aliphatic imine (C=N–C) groups is 1. The number of hydrogen-bond acceptors (Lipinski definition) is 5. The second kappa shape index (κ2) is 5.63. The van der Waals surface area contributed by atoms with E-state index in [9.17, 15) is 4.79 Å². The van der Waals surface area contributed by atoms with E-state index in [-0.39, 0.29) is 5.70 Å². The van der Waals surface area contributed by atoms with Gasteiger partial charge >= 0.3 is 5.97 Å². The van der Waals surface area contributed by atoms with Crippen molar-refractivity contribution in [3.05, 3.63) is 64.3 Å². The first-order valence-electron chi connectivity index (χ1n) is 5.94. The maximum Gasteiger partial charge on any atom is 0.363 e. The summed E-state index contributed by atoms with van der Waals surface area (Å²) in [4.78, 5) is 19.8. The van der Waals surface area contributed by atoms with Crippen LogP contribution in [0.3, 0.4) is 0 Å². The molecular weight excluding hydrogens is 272 g/mol. The standard InChI is InChI=1S/C15H10N2O2S/c18-15-13(8-12-2-1-6-16-9-12)17-14(19-15)4-3-11-5-7-20-10-11/h1-10H/b4-3+,13-8-. The van der Waals surface area contributed by atoms with Crippen LogP contribution in [0.2, 0.25) is 0 Å². The molecule has 2 aromatic rings. The average Bonchev–Trinajstić information content (AvgIpc) is 3.08. The number of hydrogen-bond donors (Lipinski definition) is 0. The van der Waals surface area contributed by atoms with Crippen molar-refractivity contribution in [1.29, 1.82) is 0 Å². The molecule has 1 aliphatic rings. The summed E-state index contributed by atoms with van der Waals surface area (Å²) in [6.07, 6.45) is 8.53. The van der Waals surface area contributed by atoms with E-state index in [0.29, 0.717) is 5.90 Å². The molecule has 0 fully saturated rings. The zero-order chi connectivity index (χ0) is 13.8. The van der Waals surface area contributed by atoms with Crippen LogP contribution in [0.15, 0.2) is 58.1 Å². The lowest BCUT2D eigenvalue weighted by Gasteiger charge is -1.91. The lowest BCUT2D eigenvalue weighted by Crippen LogP contribution is -2.01. The molecule has 0 spiro atoms. The van der Waals surface area contributed by atoms with Gasteiger partial charge in [0.15, 0.2) is 5.70 Å². The van der Waals surface area contributed by atoms with Crippen molar-refractivity contribution < 1.29 is 9.53 Å². The Hall–Kier alpha value is -2.53. The number of cyclic esters (lactones) is 1. The van der Waals surface area contributed by atoms with Gasteiger partial charge in [-0.2, -0.15) is 11.3 Å². The molecule has 0 saturated carbocycles. The van der Waals surface area contributed by atoms with E-state index in [2.05, 4.69) is 9.98 Å². The molecule has 0 unspecified atom stereocenters. The van der Waals surface area contributed by atoms with Crippen molar-refractivity contribution in [2.45, 2.75) is 0 Å². The highest BCUT2D eigenvalue weighted by atomic mass is 32.1. The van der Waals surface area contributed by atoms with E-state index >= 15 is 0 Å². The molecule has 3 rings (SSSR count). The molecule has 0 aliphatic carbocycles. The van der Waals surface area contributed by atoms with Gasteiger partial charge in [0.2, 0.25) is 5.90 Å². The number of pyridine rings is 1. The van der Waals surface area contributed by atoms with Crippen LogP contribution in [0.4, 0.5) is 0 Å². The summed E-state index contributed by atoms with van der Waals surface area (Å²) >= 11 is 1.61. The van der Waals surface area contributed by atoms with Gasteiger partial charge in [0.05, 0.1) is 0 Å². The van der Waals surface area contributed by atoms with Crippen LogP contribution in [-0.2, 0) is 9.53 Å². The van der Waals surface area contributed by atoms with Crippen molar-refractivity contribution in [3.8, 4) is 0 Å². The van der Waals surface area contributed by atoms with Gasteiger partial charge in [-0.3, -0.25) is 4.98 Å². The summed E-state index contributed by atoms with van der Waals surface area (Å²) in [6.45, 7) is 0. The Morgan fingerprint density at radius 3 is 2.90 bits per heavy atom. The van der Waals surface area contributed by atoms with Crippen LogP contribution in [-0.4, -0.2) is 16.9 Å². The lowest BCUT2D eigenvalue weighted by molar-refractivity contribution is -0.129. The Balaban J connectivity index is 1.80. The minimum absolute atomic E-state index is 0.281. The van der Waals surface area contributed by atoms with Gasteiger partial charge < -0.3 is 4.74 Å². The van der Waals surface area contributed by atoms with Crippen molar-refractivity contribution in [2.75, 3.05) is 0 Å². The van der Waals surface area contributed by atoms with Gasteiger partial charge in [-0.25, -0.2) is 9.79 Å². The van der Waals surface area contributed by atoms with Crippen molar-refractivity contribution in [1.82, 2.24) is 4.98 Å². The Morgan fingerprint density at radius 2 is 2.15 bits per heavy atom. The number of carbonyl (C=O) groups is 1. The molecule has 4 nitrogen and oxygen atoms in total. The molecule has 2 aromatic heterocycles. The summed E-state index contributed by atoms with van der Waals surface area (Å²) in [5.74, 6) is -0.143. The maximum absolute atomic E-state index is 11.7. The molecular formula is C15H10N2O2S. The summed E-state index contributed by atoms with van der Waals surface area (Å²) in [7, 11) is 0. The first-order chi connectivity index (χ1) is 9.81. The smallest absolute Gasteiger partial charge is 0.363 e.